The van der Waals surface area contributed by atoms with Crippen molar-refractivity contribution in [1.29, 1.82) is 0 Å². The van der Waals surface area contributed by atoms with Crippen molar-refractivity contribution in [3.8, 4) is 62.1 Å². The molecule has 0 atom stereocenters. The van der Waals surface area contributed by atoms with Gasteiger partial charge in [-0.3, -0.25) is 0 Å². The van der Waals surface area contributed by atoms with Crippen molar-refractivity contribution in [3.05, 3.63) is 206 Å². The summed E-state index contributed by atoms with van der Waals surface area (Å²) in [5.74, 6) is 1.81. The van der Waals surface area contributed by atoms with E-state index in [2.05, 4.69) is 150 Å². The summed E-state index contributed by atoms with van der Waals surface area (Å²) < 4.78 is 11.9. The highest BCUT2D eigenvalue weighted by Gasteiger charge is 2.22. The van der Waals surface area contributed by atoms with Crippen LogP contribution in [0.15, 0.2) is 211 Å². The van der Waals surface area contributed by atoms with Crippen LogP contribution in [0.5, 0.6) is 0 Å². The Kier molecular flexibility index (Phi) is 8.01. The Hall–Kier alpha value is -8.19. The Bertz CT molecular complexity index is 3850. The molecule has 4 heterocycles. The second-order valence-corrected chi connectivity index (χ2v) is 17.1. The van der Waals surface area contributed by atoms with E-state index in [1.807, 2.05) is 72.0 Å². The highest BCUT2D eigenvalue weighted by molar-refractivity contribution is 7.25. The second kappa shape index (κ2) is 14.2. The van der Waals surface area contributed by atoms with E-state index < -0.39 is 0 Å². The molecule has 0 unspecified atom stereocenters. The molecule has 13 rings (SSSR count). The molecule has 0 aliphatic rings. The number of furan rings is 1. The van der Waals surface area contributed by atoms with E-state index >= 15 is 0 Å². The minimum absolute atomic E-state index is 0.583. The van der Waals surface area contributed by atoms with Crippen LogP contribution in [0.4, 0.5) is 0 Å². The molecule has 4 aromatic heterocycles. The third-order valence-electron chi connectivity index (χ3n) is 12.2. The monoisotopic (exact) mass is 822 g/mol. The molecular weight excluding hydrogens is 789 g/mol. The van der Waals surface area contributed by atoms with Crippen LogP contribution in [0.3, 0.4) is 0 Å². The molecule has 0 radical (unpaired) electrons. The zero-order chi connectivity index (χ0) is 41.4. The van der Waals surface area contributed by atoms with Gasteiger partial charge in [-0.2, -0.15) is 0 Å². The lowest BCUT2D eigenvalue weighted by molar-refractivity contribution is 0.669. The van der Waals surface area contributed by atoms with Gasteiger partial charge < -0.3 is 8.98 Å². The maximum atomic E-state index is 7.01. The molecule has 0 fully saturated rings. The van der Waals surface area contributed by atoms with Crippen molar-refractivity contribution >= 4 is 75.3 Å². The smallest absolute Gasteiger partial charge is 0.164 e. The molecule has 0 amide bonds. The summed E-state index contributed by atoms with van der Waals surface area (Å²) in [6.45, 7) is 0. The maximum absolute atomic E-state index is 7.01. The van der Waals surface area contributed by atoms with Gasteiger partial charge in [0.2, 0.25) is 0 Å². The number of hydrogen-bond donors (Lipinski definition) is 0. The minimum atomic E-state index is 0.583. The second-order valence-electron chi connectivity index (χ2n) is 16.0. The molecule has 5 nitrogen and oxygen atoms in total. The van der Waals surface area contributed by atoms with Crippen molar-refractivity contribution < 1.29 is 4.42 Å². The molecular formula is C57H34N4OS. The van der Waals surface area contributed by atoms with Gasteiger partial charge >= 0.3 is 0 Å². The van der Waals surface area contributed by atoms with E-state index in [-0.39, 0.29) is 0 Å². The Morgan fingerprint density at radius 3 is 1.70 bits per heavy atom. The molecule has 6 heteroatoms. The van der Waals surface area contributed by atoms with Gasteiger partial charge in [-0.25, -0.2) is 15.0 Å². The van der Waals surface area contributed by atoms with Gasteiger partial charge in [-0.15, -0.1) is 11.3 Å². The first-order valence-corrected chi connectivity index (χ1v) is 21.9. The molecule has 63 heavy (non-hydrogen) atoms. The average molecular weight is 823 g/mol. The van der Waals surface area contributed by atoms with E-state index in [0.717, 1.165) is 66.5 Å². The fourth-order valence-electron chi connectivity index (χ4n) is 9.27. The molecule has 13 aromatic rings. The number of benzene rings is 9. The third kappa shape index (κ3) is 5.87. The Balaban J connectivity index is 1.05. The first kappa shape index (κ1) is 35.6. The number of aromatic nitrogens is 4. The van der Waals surface area contributed by atoms with Gasteiger partial charge in [0.25, 0.3) is 0 Å². The van der Waals surface area contributed by atoms with Crippen molar-refractivity contribution in [2.24, 2.45) is 0 Å². The van der Waals surface area contributed by atoms with Crippen LogP contribution in [-0.4, -0.2) is 19.5 Å². The zero-order valence-corrected chi connectivity index (χ0v) is 34.6. The average Bonchev–Trinajstić information content (AvgIpc) is 4.03. The molecule has 0 bridgehead atoms. The quantitative estimate of drug-likeness (QED) is 0.168. The van der Waals surface area contributed by atoms with Crippen molar-refractivity contribution in [1.82, 2.24) is 19.5 Å². The lowest BCUT2D eigenvalue weighted by Gasteiger charge is -2.11. The fraction of sp³-hybridized carbons (Fsp3) is 0. The SMILES string of the molecule is c1ccc(-c2ccc3c(c2)c2ccccc2n3-c2ccc3c(c2)oc2cc(-c4ccc5sc6ccccc6c5c4)cc(-c4nc(-c5ccccc5)nc(-c5ccccc5)n4)c23)cc1. The number of para-hydroxylation sites is 1. The van der Waals surface area contributed by atoms with E-state index in [4.69, 9.17) is 19.4 Å². The van der Waals surface area contributed by atoms with Gasteiger partial charge in [-0.1, -0.05) is 140 Å². The topological polar surface area (TPSA) is 56.7 Å². The van der Waals surface area contributed by atoms with Crippen LogP contribution in [-0.2, 0) is 0 Å². The Morgan fingerprint density at radius 1 is 0.349 bits per heavy atom. The summed E-state index contributed by atoms with van der Waals surface area (Å²) in [7, 11) is 0. The summed E-state index contributed by atoms with van der Waals surface area (Å²) >= 11 is 1.82. The normalized spacial score (nSPS) is 11.8. The lowest BCUT2D eigenvalue weighted by Crippen LogP contribution is -2.00. The summed E-state index contributed by atoms with van der Waals surface area (Å²) in [4.78, 5) is 15.5. The van der Waals surface area contributed by atoms with E-state index in [0.29, 0.717) is 17.5 Å². The van der Waals surface area contributed by atoms with Crippen LogP contribution in [0, 0.1) is 0 Å². The van der Waals surface area contributed by atoms with E-state index in [9.17, 15) is 0 Å². The van der Waals surface area contributed by atoms with Gasteiger partial charge in [0.15, 0.2) is 17.5 Å². The predicted octanol–water partition coefficient (Wildman–Crippen LogP) is 15.6. The standard InChI is InChI=1S/C57H34N4OS/c1-4-14-35(15-5-1)38-24-28-49-45(30-38)42-20-10-12-22-48(42)61(49)41-26-27-44-50(34-41)62-51-33-40(39-25-29-53-46(31-39)43-21-11-13-23-52(43)63-53)32-47(54(44)51)57-59-55(36-16-6-2-7-17-36)58-56(60-57)37-18-8-3-9-19-37/h1-34H. The van der Waals surface area contributed by atoms with Gasteiger partial charge in [0.1, 0.15) is 11.2 Å². The lowest BCUT2D eigenvalue weighted by atomic mass is 9.97. The number of hydrogen-bond acceptors (Lipinski definition) is 5. The van der Waals surface area contributed by atoms with Crippen molar-refractivity contribution in [2.45, 2.75) is 0 Å². The van der Waals surface area contributed by atoms with Gasteiger partial charge in [0.05, 0.1) is 11.0 Å². The Morgan fingerprint density at radius 2 is 0.937 bits per heavy atom. The summed E-state index contributed by atoms with van der Waals surface area (Å²) in [5, 5.41) is 6.86. The van der Waals surface area contributed by atoms with Crippen LogP contribution in [0.25, 0.3) is 126 Å². The highest BCUT2D eigenvalue weighted by Crippen LogP contribution is 2.43. The van der Waals surface area contributed by atoms with Crippen LogP contribution >= 0.6 is 11.3 Å². The minimum Gasteiger partial charge on any atom is -0.456 e. The number of nitrogens with zero attached hydrogens (tertiary/aromatic N) is 4. The summed E-state index contributed by atoms with van der Waals surface area (Å²) in [5.41, 5.74) is 12.1. The molecule has 0 saturated carbocycles. The number of rotatable bonds is 6. The molecule has 0 aliphatic heterocycles. The van der Waals surface area contributed by atoms with E-state index in [1.54, 1.807) is 0 Å². The molecule has 0 saturated heterocycles. The van der Waals surface area contributed by atoms with Crippen molar-refractivity contribution in [3.63, 3.8) is 0 Å². The number of fused-ring (bicyclic) bond motifs is 9. The van der Waals surface area contributed by atoms with Gasteiger partial charge in [-0.05, 0) is 82.9 Å². The summed E-state index contributed by atoms with van der Waals surface area (Å²) in [6.07, 6.45) is 0. The third-order valence-corrected chi connectivity index (χ3v) is 13.4. The highest BCUT2D eigenvalue weighted by atomic mass is 32.1. The predicted molar refractivity (Wildman–Crippen MR) is 262 cm³/mol. The largest absolute Gasteiger partial charge is 0.456 e. The van der Waals surface area contributed by atoms with E-state index in [1.165, 1.54) is 42.1 Å². The first-order chi connectivity index (χ1) is 31.2. The van der Waals surface area contributed by atoms with Crippen LogP contribution in [0.1, 0.15) is 0 Å². The molecule has 0 N–H and O–H groups in total. The molecule has 0 spiro atoms. The van der Waals surface area contributed by atoms with Crippen molar-refractivity contribution in [2.75, 3.05) is 0 Å². The first-order valence-electron chi connectivity index (χ1n) is 21.1. The van der Waals surface area contributed by atoms with Gasteiger partial charge in [0, 0.05) is 70.2 Å². The summed E-state index contributed by atoms with van der Waals surface area (Å²) in [6, 6.07) is 72.7. The molecule has 9 aromatic carbocycles. The van der Waals surface area contributed by atoms with Crippen LogP contribution < -0.4 is 0 Å². The fourth-order valence-corrected chi connectivity index (χ4v) is 10.4. The Labute approximate surface area is 365 Å². The number of thiophene rings is 1. The maximum Gasteiger partial charge on any atom is 0.164 e. The zero-order valence-electron chi connectivity index (χ0n) is 33.7. The van der Waals surface area contributed by atoms with Crippen LogP contribution in [0.2, 0.25) is 0 Å². The molecule has 294 valence electrons. The molecule has 0 aliphatic carbocycles.